The van der Waals surface area contributed by atoms with Crippen molar-refractivity contribution in [2.45, 2.75) is 63.7 Å². The van der Waals surface area contributed by atoms with Gasteiger partial charge >= 0.3 is 5.97 Å². The van der Waals surface area contributed by atoms with Crippen molar-refractivity contribution >= 4 is 40.5 Å². The van der Waals surface area contributed by atoms with Crippen molar-refractivity contribution in [3.63, 3.8) is 0 Å². The van der Waals surface area contributed by atoms with Crippen LogP contribution >= 0.6 is 0 Å². The molecule has 0 saturated heterocycles. The number of H-pyrrole nitrogens is 1. The largest absolute Gasteiger partial charge is 0.480 e. The van der Waals surface area contributed by atoms with E-state index in [2.05, 4.69) is 20.9 Å². The summed E-state index contributed by atoms with van der Waals surface area (Å²) in [6.45, 7) is 2.90. The summed E-state index contributed by atoms with van der Waals surface area (Å²) in [6.07, 6.45) is 1.54. The second-order valence-electron chi connectivity index (χ2n) is 9.51. The van der Waals surface area contributed by atoms with Gasteiger partial charge in [-0.3, -0.25) is 19.2 Å². The molecule has 13 nitrogen and oxygen atoms in total. The lowest BCUT2D eigenvalue weighted by Crippen LogP contribution is -2.58. The number of primary amides is 1. The number of aliphatic hydroxyl groups excluding tert-OH is 1. The van der Waals surface area contributed by atoms with Gasteiger partial charge in [-0.05, 0) is 30.4 Å². The number of benzene rings is 1. The number of para-hydroxylation sites is 1. The van der Waals surface area contributed by atoms with E-state index in [0.717, 1.165) is 10.9 Å². The standard InChI is InChI=1S/C25H36N6O7/c1-13(2)9-16(26)22(34)29-18(7-8-21(27)33)23(35)31-20(12-32)24(36)30-19(25(37)38)10-14-11-28-17-6-4-3-5-15(14)17/h3-6,11,13,16,18-20,28,32H,7-10,12,26H2,1-2H3,(H2,27,33)(H,29,34)(H,30,36)(H,31,35)(H,37,38)/t16-,18-,19-,20-/m0/s1. The molecule has 0 aliphatic heterocycles. The molecular formula is C25H36N6O7. The topological polar surface area (TPSA) is 230 Å². The monoisotopic (exact) mass is 532 g/mol. The number of amides is 4. The number of hydrogen-bond donors (Lipinski definition) is 8. The van der Waals surface area contributed by atoms with Crippen LogP contribution in [-0.2, 0) is 30.4 Å². The lowest BCUT2D eigenvalue weighted by atomic mass is 10.0. The van der Waals surface area contributed by atoms with Gasteiger partial charge in [-0.2, -0.15) is 0 Å². The van der Waals surface area contributed by atoms with E-state index >= 15 is 0 Å². The summed E-state index contributed by atoms with van der Waals surface area (Å²) in [5.74, 6) is -4.34. The highest BCUT2D eigenvalue weighted by Crippen LogP contribution is 2.19. The third kappa shape index (κ3) is 8.85. The maximum absolute atomic E-state index is 12.9. The summed E-state index contributed by atoms with van der Waals surface area (Å²) in [5.41, 5.74) is 12.5. The lowest BCUT2D eigenvalue weighted by molar-refractivity contribution is -0.142. The zero-order chi connectivity index (χ0) is 28.4. The molecule has 0 radical (unpaired) electrons. The number of aromatic amines is 1. The summed E-state index contributed by atoms with van der Waals surface area (Å²) in [7, 11) is 0. The molecule has 0 bridgehead atoms. The summed E-state index contributed by atoms with van der Waals surface area (Å²) >= 11 is 0. The second-order valence-corrected chi connectivity index (χ2v) is 9.51. The average molecular weight is 533 g/mol. The third-order valence-electron chi connectivity index (χ3n) is 5.90. The normalized spacial score (nSPS) is 14.3. The molecule has 4 amide bonds. The highest BCUT2D eigenvalue weighted by atomic mass is 16.4. The Hall–Kier alpha value is -3.97. The van der Waals surface area contributed by atoms with Crippen LogP contribution < -0.4 is 27.4 Å². The molecule has 13 heteroatoms. The SMILES string of the molecule is CC(C)C[C@H](N)C(=O)N[C@@H](CCC(N)=O)C(=O)N[C@@H](CO)C(=O)N[C@@H](Cc1c[nH]c2ccccc12)C(=O)O. The smallest absolute Gasteiger partial charge is 0.326 e. The Labute approximate surface area is 219 Å². The van der Waals surface area contributed by atoms with Crippen LogP contribution in [0.4, 0.5) is 0 Å². The fourth-order valence-electron chi connectivity index (χ4n) is 3.91. The number of carbonyl (C=O) groups is 5. The van der Waals surface area contributed by atoms with Gasteiger partial charge in [0, 0.05) is 29.9 Å². The molecule has 1 heterocycles. The molecule has 208 valence electrons. The molecule has 1 aromatic carbocycles. The van der Waals surface area contributed by atoms with E-state index in [1.807, 2.05) is 32.0 Å². The van der Waals surface area contributed by atoms with Gasteiger partial charge in [0.05, 0.1) is 12.6 Å². The summed E-state index contributed by atoms with van der Waals surface area (Å²) in [6, 6.07) is 2.21. The number of aromatic nitrogens is 1. The summed E-state index contributed by atoms with van der Waals surface area (Å²) in [5, 5.41) is 27.3. The van der Waals surface area contributed by atoms with Crippen LogP contribution in [0, 0.1) is 5.92 Å². The van der Waals surface area contributed by atoms with Gasteiger partial charge in [0.1, 0.15) is 18.1 Å². The number of carbonyl (C=O) groups excluding carboxylic acids is 4. The molecule has 1 aromatic heterocycles. The molecule has 4 atom stereocenters. The van der Waals surface area contributed by atoms with Crippen molar-refractivity contribution in [3.8, 4) is 0 Å². The Balaban J connectivity index is 2.10. The van der Waals surface area contributed by atoms with Crippen LogP contribution in [0.25, 0.3) is 10.9 Å². The van der Waals surface area contributed by atoms with E-state index in [9.17, 15) is 34.2 Å². The molecule has 10 N–H and O–H groups in total. The minimum atomic E-state index is -1.52. The molecule has 2 rings (SSSR count). The maximum atomic E-state index is 12.9. The molecule has 38 heavy (non-hydrogen) atoms. The van der Waals surface area contributed by atoms with Crippen LogP contribution in [0.1, 0.15) is 38.7 Å². The van der Waals surface area contributed by atoms with E-state index in [1.165, 1.54) is 0 Å². The van der Waals surface area contributed by atoms with Crippen molar-refractivity contribution in [2.75, 3.05) is 6.61 Å². The first-order valence-electron chi connectivity index (χ1n) is 12.3. The predicted molar refractivity (Wildman–Crippen MR) is 138 cm³/mol. The molecule has 0 unspecified atom stereocenters. The Kier molecular flexibility index (Phi) is 11.2. The number of fused-ring (bicyclic) bond motifs is 1. The zero-order valence-electron chi connectivity index (χ0n) is 21.4. The number of aliphatic hydroxyl groups is 1. The second kappa shape index (κ2) is 14.1. The number of rotatable bonds is 15. The van der Waals surface area contributed by atoms with E-state index in [-0.39, 0.29) is 25.2 Å². The maximum Gasteiger partial charge on any atom is 0.326 e. The molecular weight excluding hydrogens is 496 g/mol. The molecule has 2 aromatic rings. The van der Waals surface area contributed by atoms with E-state index < -0.39 is 60.4 Å². The molecule has 0 aliphatic rings. The number of carboxylic acids is 1. The zero-order valence-corrected chi connectivity index (χ0v) is 21.4. The van der Waals surface area contributed by atoms with Gasteiger partial charge in [-0.15, -0.1) is 0 Å². The van der Waals surface area contributed by atoms with Crippen LogP contribution in [0.2, 0.25) is 0 Å². The number of hydrogen-bond acceptors (Lipinski definition) is 7. The average Bonchev–Trinajstić information content (AvgIpc) is 3.26. The van der Waals surface area contributed by atoms with Gasteiger partial charge < -0.3 is 42.6 Å². The fraction of sp³-hybridized carbons (Fsp3) is 0.480. The Morgan fingerprint density at radius 3 is 2.16 bits per heavy atom. The molecule has 0 fully saturated rings. The van der Waals surface area contributed by atoms with Gasteiger partial charge in [0.2, 0.25) is 23.6 Å². The molecule has 0 saturated carbocycles. The fourth-order valence-corrected chi connectivity index (χ4v) is 3.91. The first-order valence-corrected chi connectivity index (χ1v) is 12.3. The Morgan fingerprint density at radius 2 is 1.55 bits per heavy atom. The van der Waals surface area contributed by atoms with Gasteiger partial charge in [-0.1, -0.05) is 32.0 Å². The summed E-state index contributed by atoms with van der Waals surface area (Å²) < 4.78 is 0. The van der Waals surface area contributed by atoms with Crippen molar-refractivity contribution in [2.24, 2.45) is 17.4 Å². The first-order chi connectivity index (χ1) is 17.9. The summed E-state index contributed by atoms with van der Waals surface area (Å²) in [4.78, 5) is 64.4. The number of carboxylic acid groups (broad SMARTS) is 1. The minimum absolute atomic E-state index is 0.0534. The number of nitrogens with one attached hydrogen (secondary N) is 4. The Bertz CT molecular complexity index is 1150. The van der Waals surface area contributed by atoms with Gasteiger partial charge in [-0.25, -0.2) is 4.79 Å². The predicted octanol–water partition coefficient (Wildman–Crippen LogP) is -1.12. The van der Waals surface area contributed by atoms with Crippen LogP contribution in [0.5, 0.6) is 0 Å². The van der Waals surface area contributed by atoms with Crippen LogP contribution in [0.3, 0.4) is 0 Å². The van der Waals surface area contributed by atoms with Crippen LogP contribution in [-0.4, -0.2) is 75.6 Å². The van der Waals surface area contributed by atoms with E-state index in [1.54, 1.807) is 12.3 Å². The number of aliphatic carboxylic acids is 1. The minimum Gasteiger partial charge on any atom is -0.480 e. The lowest BCUT2D eigenvalue weighted by Gasteiger charge is -2.24. The van der Waals surface area contributed by atoms with Crippen molar-refractivity contribution in [3.05, 3.63) is 36.0 Å². The first kappa shape index (κ1) is 30.3. The third-order valence-corrected chi connectivity index (χ3v) is 5.90. The van der Waals surface area contributed by atoms with Gasteiger partial charge in [0.25, 0.3) is 0 Å². The van der Waals surface area contributed by atoms with Crippen molar-refractivity contribution < 1.29 is 34.2 Å². The van der Waals surface area contributed by atoms with Crippen molar-refractivity contribution in [1.29, 1.82) is 0 Å². The quantitative estimate of drug-likeness (QED) is 0.140. The van der Waals surface area contributed by atoms with Crippen LogP contribution in [0.15, 0.2) is 30.5 Å². The van der Waals surface area contributed by atoms with E-state index in [0.29, 0.717) is 12.0 Å². The van der Waals surface area contributed by atoms with Crippen molar-refractivity contribution in [1.82, 2.24) is 20.9 Å². The van der Waals surface area contributed by atoms with E-state index in [4.69, 9.17) is 11.5 Å². The Morgan fingerprint density at radius 1 is 0.947 bits per heavy atom. The molecule has 0 spiro atoms. The highest BCUT2D eigenvalue weighted by molar-refractivity contribution is 5.94. The molecule has 0 aliphatic carbocycles. The highest BCUT2D eigenvalue weighted by Gasteiger charge is 2.30. The number of nitrogens with two attached hydrogens (primary N) is 2. The van der Waals surface area contributed by atoms with Gasteiger partial charge in [0.15, 0.2) is 0 Å².